The van der Waals surface area contributed by atoms with Crippen molar-refractivity contribution in [3.63, 3.8) is 0 Å². The zero-order valence-corrected chi connectivity index (χ0v) is 15.1. The largest absolute Gasteiger partial charge is 0.288 e. The van der Waals surface area contributed by atoms with Crippen LogP contribution in [0.4, 0.5) is 5.69 Å². The molecule has 4 aromatic rings. The van der Waals surface area contributed by atoms with Gasteiger partial charge in [-0.25, -0.2) is 9.67 Å². The Hall–Kier alpha value is -3.51. The number of para-hydroxylation sites is 1. The van der Waals surface area contributed by atoms with Crippen molar-refractivity contribution in [1.82, 2.24) is 9.66 Å². The number of pyridine rings is 1. The Morgan fingerprint density at radius 1 is 0.926 bits per heavy atom. The van der Waals surface area contributed by atoms with Gasteiger partial charge in [-0.3, -0.25) is 15.2 Å². The van der Waals surface area contributed by atoms with Gasteiger partial charge in [-0.15, -0.1) is 11.3 Å². The zero-order valence-electron chi connectivity index (χ0n) is 14.3. The third kappa shape index (κ3) is 3.86. The molecule has 0 fully saturated rings. The van der Waals surface area contributed by atoms with Gasteiger partial charge in [0.2, 0.25) is 4.80 Å². The Bertz CT molecular complexity index is 1100. The van der Waals surface area contributed by atoms with E-state index < -0.39 is 0 Å². The third-order valence-electron chi connectivity index (χ3n) is 3.87. The minimum absolute atomic E-state index is 0.291. The molecule has 2 aromatic carbocycles. The van der Waals surface area contributed by atoms with Crippen molar-refractivity contribution in [2.24, 2.45) is 4.99 Å². The van der Waals surface area contributed by atoms with Crippen LogP contribution < -0.4 is 10.2 Å². The Balaban J connectivity index is 1.80. The Kier molecular flexibility index (Phi) is 4.89. The van der Waals surface area contributed by atoms with Crippen molar-refractivity contribution in [1.29, 1.82) is 0 Å². The van der Waals surface area contributed by atoms with Crippen LogP contribution in [0.25, 0.3) is 11.3 Å². The van der Waals surface area contributed by atoms with Gasteiger partial charge in [-0.05, 0) is 24.3 Å². The topological polar surface area (TPSA) is 59.3 Å². The molecule has 132 valence electrons. The van der Waals surface area contributed by atoms with Gasteiger partial charge in [0.05, 0.1) is 11.4 Å². The lowest BCUT2D eigenvalue weighted by molar-refractivity contribution is 0.100. The van der Waals surface area contributed by atoms with E-state index in [1.165, 1.54) is 11.3 Å². The Labute approximate surface area is 160 Å². The fourth-order valence-electron chi connectivity index (χ4n) is 2.58. The molecule has 6 heteroatoms. The molecule has 1 N–H and O–H groups in total. The highest BCUT2D eigenvalue weighted by molar-refractivity contribution is 7.07. The van der Waals surface area contributed by atoms with Crippen molar-refractivity contribution in [2.45, 2.75) is 0 Å². The molecule has 0 spiro atoms. The molecule has 2 aromatic heterocycles. The van der Waals surface area contributed by atoms with Gasteiger partial charge in [-0.2, -0.15) is 0 Å². The molecule has 0 aliphatic rings. The first-order valence-corrected chi connectivity index (χ1v) is 9.27. The molecule has 0 atom stereocenters. The molecule has 0 saturated heterocycles. The Morgan fingerprint density at radius 2 is 1.63 bits per heavy atom. The van der Waals surface area contributed by atoms with Crippen LogP contribution in [-0.4, -0.2) is 15.6 Å². The molecule has 1 amide bonds. The van der Waals surface area contributed by atoms with Crippen LogP contribution in [0.15, 0.2) is 95.4 Å². The second kappa shape index (κ2) is 7.80. The number of carbonyl (C=O) groups excluding carboxylic acids is 1. The highest BCUT2D eigenvalue weighted by atomic mass is 32.1. The lowest BCUT2D eigenvalue weighted by Gasteiger charge is -2.10. The molecule has 0 bridgehead atoms. The van der Waals surface area contributed by atoms with E-state index in [0.717, 1.165) is 16.9 Å². The van der Waals surface area contributed by atoms with Gasteiger partial charge in [0.1, 0.15) is 5.69 Å². The number of nitrogens with one attached hydrogen (secondary N) is 1. The quantitative estimate of drug-likeness (QED) is 0.583. The molecular weight excluding hydrogens is 356 g/mol. The molecule has 4 rings (SSSR count). The van der Waals surface area contributed by atoms with Gasteiger partial charge in [0.15, 0.2) is 0 Å². The lowest BCUT2D eigenvalue weighted by atomic mass is 10.2. The van der Waals surface area contributed by atoms with Crippen LogP contribution in [0.3, 0.4) is 0 Å². The van der Waals surface area contributed by atoms with Crippen molar-refractivity contribution in [2.75, 3.05) is 5.43 Å². The summed E-state index contributed by atoms with van der Waals surface area (Å²) in [7, 11) is 0. The van der Waals surface area contributed by atoms with Crippen LogP contribution in [0.5, 0.6) is 0 Å². The average Bonchev–Trinajstić information content (AvgIpc) is 3.12. The molecular formula is C21H16N4OS. The minimum Gasteiger partial charge on any atom is -0.266 e. The highest BCUT2D eigenvalue weighted by Gasteiger charge is 2.13. The van der Waals surface area contributed by atoms with Crippen molar-refractivity contribution in [3.05, 3.63) is 101 Å². The van der Waals surface area contributed by atoms with E-state index in [9.17, 15) is 4.79 Å². The van der Waals surface area contributed by atoms with Crippen molar-refractivity contribution >= 4 is 22.9 Å². The predicted octanol–water partition coefficient (Wildman–Crippen LogP) is 4.23. The van der Waals surface area contributed by atoms with Crippen LogP contribution in [-0.2, 0) is 0 Å². The van der Waals surface area contributed by atoms with Gasteiger partial charge >= 0.3 is 0 Å². The second-order valence-electron chi connectivity index (χ2n) is 5.71. The van der Waals surface area contributed by atoms with Crippen molar-refractivity contribution in [3.8, 4) is 11.3 Å². The first-order valence-electron chi connectivity index (χ1n) is 8.39. The van der Waals surface area contributed by atoms with E-state index in [1.807, 2.05) is 66.0 Å². The maximum atomic E-state index is 12.7. The highest BCUT2D eigenvalue weighted by Crippen LogP contribution is 2.19. The zero-order chi connectivity index (χ0) is 18.5. The standard InChI is InChI=1S/C21H16N4OS/c26-20(18-13-7-8-14-22-18)24-25-19(16-9-3-1-4-10-16)15-27-21(25)23-17-11-5-2-6-12-17/h1-15H,(H,24,26). The number of thiazole rings is 1. The number of aromatic nitrogens is 2. The molecule has 5 nitrogen and oxygen atoms in total. The maximum absolute atomic E-state index is 12.7. The first kappa shape index (κ1) is 16.9. The molecule has 2 heterocycles. The Morgan fingerprint density at radius 3 is 2.33 bits per heavy atom. The molecule has 0 aliphatic heterocycles. The van der Waals surface area contributed by atoms with Crippen LogP contribution >= 0.6 is 11.3 Å². The summed E-state index contributed by atoms with van der Waals surface area (Å²) in [5.41, 5.74) is 5.94. The molecule has 0 aliphatic carbocycles. The number of carbonyl (C=O) groups is 1. The normalized spacial score (nSPS) is 11.3. The molecule has 0 radical (unpaired) electrons. The summed E-state index contributed by atoms with van der Waals surface area (Å²) in [5.74, 6) is -0.291. The number of benzene rings is 2. The number of rotatable bonds is 4. The van der Waals surface area contributed by atoms with E-state index in [1.54, 1.807) is 29.1 Å². The van der Waals surface area contributed by atoms with E-state index >= 15 is 0 Å². The average molecular weight is 372 g/mol. The predicted molar refractivity (Wildman–Crippen MR) is 107 cm³/mol. The van der Waals surface area contributed by atoms with Gasteiger partial charge in [0, 0.05) is 17.1 Å². The van der Waals surface area contributed by atoms with E-state index in [4.69, 9.17) is 0 Å². The molecule has 0 saturated carbocycles. The molecule has 0 unspecified atom stereocenters. The van der Waals surface area contributed by atoms with Crippen LogP contribution in [0.2, 0.25) is 0 Å². The van der Waals surface area contributed by atoms with E-state index in [-0.39, 0.29) is 5.91 Å². The summed E-state index contributed by atoms with van der Waals surface area (Å²) in [6.45, 7) is 0. The number of hydrogen-bond donors (Lipinski definition) is 1. The monoisotopic (exact) mass is 372 g/mol. The molecule has 27 heavy (non-hydrogen) atoms. The fraction of sp³-hybridized carbons (Fsp3) is 0. The van der Waals surface area contributed by atoms with Gasteiger partial charge < -0.3 is 0 Å². The van der Waals surface area contributed by atoms with Crippen LogP contribution in [0, 0.1) is 0 Å². The smallest absolute Gasteiger partial charge is 0.266 e. The third-order valence-corrected chi connectivity index (χ3v) is 4.70. The van der Waals surface area contributed by atoms with Crippen LogP contribution in [0.1, 0.15) is 10.5 Å². The van der Waals surface area contributed by atoms with E-state index in [0.29, 0.717) is 10.5 Å². The first-order chi connectivity index (χ1) is 13.3. The summed E-state index contributed by atoms with van der Waals surface area (Å²) in [4.78, 5) is 22.1. The minimum atomic E-state index is -0.291. The van der Waals surface area contributed by atoms with E-state index in [2.05, 4.69) is 15.4 Å². The summed E-state index contributed by atoms with van der Waals surface area (Å²) < 4.78 is 1.71. The van der Waals surface area contributed by atoms with Crippen molar-refractivity contribution < 1.29 is 4.79 Å². The number of amides is 1. The second-order valence-corrected chi connectivity index (χ2v) is 6.54. The SMILES string of the molecule is O=C(Nn1c(-c2ccccc2)csc1=Nc1ccccc1)c1ccccn1. The lowest BCUT2D eigenvalue weighted by Crippen LogP contribution is -2.31. The number of nitrogens with zero attached hydrogens (tertiary/aromatic N) is 3. The van der Waals surface area contributed by atoms with Gasteiger partial charge in [-0.1, -0.05) is 54.6 Å². The summed E-state index contributed by atoms with van der Waals surface area (Å²) in [6.07, 6.45) is 1.60. The van der Waals surface area contributed by atoms with Gasteiger partial charge in [0.25, 0.3) is 5.91 Å². The number of hydrogen-bond acceptors (Lipinski definition) is 4. The summed E-state index contributed by atoms with van der Waals surface area (Å²) in [6, 6.07) is 24.8. The summed E-state index contributed by atoms with van der Waals surface area (Å²) in [5, 5.41) is 1.98. The fourth-order valence-corrected chi connectivity index (χ4v) is 3.44. The maximum Gasteiger partial charge on any atom is 0.288 e. The summed E-state index contributed by atoms with van der Waals surface area (Å²) >= 11 is 1.46.